The van der Waals surface area contributed by atoms with Crippen molar-refractivity contribution >= 4 is 23.5 Å². The number of ether oxygens (including phenoxy) is 1. The van der Waals surface area contributed by atoms with Crippen LogP contribution in [0, 0.1) is 0 Å². The Morgan fingerprint density at radius 1 is 0.871 bits per heavy atom. The Bertz CT molecular complexity index is 761. The largest absolute Gasteiger partial charge is 0.452 e. The molecule has 1 aromatic carbocycles. The molecule has 1 aromatic rings. The Hall–Kier alpha value is -2.37. The van der Waals surface area contributed by atoms with E-state index in [0.29, 0.717) is 24.1 Å². The normalized spacial score (nSPS) is 20.6. The van der Waals surface area contributed by atoms with Crippen molar-refractivity contribution in [2.45, 2.75) is 89.1 Å². The van der Waals surface area contributed by atoms with Gasteiger partial charge in [-0.15, -0.1) is 0 Å². The van der Waals surface area contributed by atoms with Crippen molar-refractivity contribution < 1.29 is 19.1 Å². The Labute approximate surface area is 184 Å². The van der Waals surface area contributed by atoms with Gasteiger partial charge in [-0.3, -0.25) is 9.59 Å². The Morgan fingerprint density at radius 3 is 1.97 bits per heavy atom. The van der Waals surface area contributed by atoms with E-state index in [9.17, 15) is 14.4 Å². The van der Waals surface area contributed by atoms with E-state index in [1.807, 2.05) is 0 Å². The molecule has 1 saturated heterocycles. The fourth-order valence-electron chi connectivity index (χ4n) is 5.41. The van der Waals surface area contributed by atoms with Gasteiger partial charge in [0, 0.05) is 30.7 Å². The predicted molar refractivity (Wildman–Crippen MR) is 119 cm³/mol. The molecule has 0 bridgehead atoms. The van der Waals surface area contributed by atoms with Crippen LogP contribution in [0.3, 0.4) is 0 Å². The summed E-state index contributed by atoms with van der Waals surface area (Å²) in [5.41, 5.74) is 1.21. The summed E-state index contributed by atoms with van der Waals surface area (Å²) in [5, 5.41) is 0. The van der Waals surface area contributed by atoms with Gasteiger partial charge in [0.05, 0.1) is 5.56 Å². The molecule has 0 unspecified atom stereocenters. The van der Waals surface area contributed by atoms with Gasteiger partial charge in [0.25, 0.3) is 5.91 Å². The maximum Gasteiger partial charge on any atom is 0.338 e. The van der Waals surface area contributed by atoms with Crippen molar-refractivity contribution in [1.29, 1.82) is 0 Å². The van der Waals surface area contributed by atoms with Crippen molar-refractivity contribution in [1.82, 2.24) is 4.90 Å². The van der Waals surface area contributed by atoms with Crippen LogP contribution < -0.4 is 4.90 Å². The quantitative estimate of drug-likeness (QED) is 0.630. The highest BCUT2D eigenvalue weighted by atomic mass is 16.5. The SMILES string of the molecule is O=C(OCC(=O)N(C1CCCCC1)C1CCCCC1)c1ccc(N2CCCC2=O)cc1. The number of esters is 1. The molecule has 0 radical (unpaired) electrons. The van der Waals surface area contributed by atoms with Crippen molar-refractivity contribution in [3.63, 3.8) is 0 Å². The summed E-state index contributed by atoms with van der Waals surface area (Å²) in [6.45, 7) is 0.521. The second-order valence-corrected chi connectivity index (χ2v) is 9.16. The Morgan fingerprint density at radius 2 is 1.45 bits per heavy atom. The lowest BCUT2D eigenvalue weighted by atomic mass is 9.88. The van der Waals surface area contributed by atoms with E-state index in [2.05, 4.69) is 4.90 Å². The van der Waals surface area contributed by atoms with Crippen LogP contribution in [-0.4, -0.2) is 47.9 Å². The molecule has 1 aliphatic heterocycles. The van der Waals surface area contributed by atoms with Gasteiger partial charge >= 0.3 is 5.97 Å². The van der Waals surface area contributed by atoms with Gasteiger partial charge in [0.1, 0.15) is 0 Å². The molecule has 2 amide bonds. The molecule has 4 rings (SSSR count). The molecule has 0 aromatic heterocycles. The van der Waals surface area contributed by atoms with Crippen LogP contribution >= 0.6 is 0 Å². The summed E-state index contributed by atoms with van der Waals surface area (Å²) in [5.74, 6) is -0.419. The molecule has 2 aliphatic carbocycles. The molecular weight excluding hydrogens is 392 g/mol. The van der Waals surface area contributed by atoms with Crippen LogP contribution in [0.5, 0.6) is 0 Å². The molecule has 0 spiro atoms. The first-order valence-electron chi connectivity index (χ1n) is 12.0. The van der Waals surface area contributed by atoms with E-state index in [-0.39, 0.29) is 18.4 Å². The summed E-state index contributed by atoms with van der Waals surface area (Å²) in [6.07, 6.45) is 12.9. The smallest absolute Gasteiger partial charge is 0.338 e. The zero-order chi connectivity index (χ0) is 21.6. The van der Waals surface area contributed by atoms with E-state index in [4.69, 9.17) is 4.74 Å². The van der Waals surface area contributed by atoms with Gasteiger partial charge in [0.15, 0.2) is 6.61 Å². The minimum Gasteiger partial charge on any atom is -0.452 e. The van der Waals surface area contributed by atoms with Crippen LogP contribution in [-0.2, 0) is 14.3 Å². The van der Waals surface area contributed by atoms with Gasteiger partial charge < -0.3 is 14.5 Å². The molecule has 3 aliphatic rings. The number of hydrogen-bond donors (Lipinski definition) is 0. The van der Waals surface area contributed by atoms with Crippen molar-refractivity contribution in [2.24, 2.45) is 0 Å². The molecule has 168 valence electrons. The first-order valence-corrected chi connectivity index (χ1v) is 12.0. The van der Waals surface area contributed by atoms with E-state index in [1.54, 1.807) is 29.2 Å². The molecular formula is C25H34N2O4. The number of hydrogen-bond acceptors (Lipinski definition) is 4. The summed E-state index contributed by atoms with van der Waals surface area (Å²) < 4.78 is 5.43. The van der Waals surface area contributed by atoms with Gasteiger partial charge in [-0.1, -0.05) is 38.5 Å². The van der Waals surface area contributed by atoms with Crippen LogP contribution in [0.2, 0.25) is 0 Å². The second-order valence-electron chi connectivity index (χ2n) is 9.16. The Balaban J connectivity index is 1.36. The molecule has 0 N–H and O–H groups in total. The number of nitrogens with zero attached hydrogens (tertiary/aromatic N) is 2. The number of benzene rings is 1. The van der Waals surface area contributed by atoms with Gasteiger partial charge in [0.2, 0.25) is 5.91 Å². The van der Waals surface area contributed by atoms with Crippen molar-refractivity contribution in [2.75, 3.05) is 18.1 Å². The predicted octanol–water partition coefficient (Wildman–Crippen LogP) is 4.46. The average Bonchev–Trinajstić information content (AvgIpc) is 3.25. The number of rotatable bonds is 6. The van der Waals surface area contributed by atoms with Gasteiger partial charge in [-0.2, -0.15) is 0 Å². The van der Waals surface area contributed by atoms with Crippen LogP contribution in [0.4, 0.5) is 5.69 Å². The number of carbonyl (C=O) groups excluding carboxylic acids is 3. The first kappa shape index (κ1) is 21.8. The highest BCUT2D eigenvalue weighted by molar-refractivity contribution is 5.96. The molecule has 6 nitrogen and oxygen atoms in total. The second kappa shape index (κ2) is 10.3. The van der Waals surface area contributed by atoms with Crippen LogP contribution in [0.1, 0.15) is 87.4 Å². The maximum atomic E-state index is 13.1. The molecule has 31 heavy (non-hydrogen) atoms. The fraction of sp³-hybridized carbons (Fsp3) is 0.640. The molecule has 1 heterocycles. The van der Waals surface area contributed by atoms with Crippen molar-refractivity contribution in [3.8, 4) is 0 Å². The maximum absolute atomic E-state index is 13.1. The molecule has 0 atom stereocenters. The van der Waals surface area contributed by atoms with E-state index in [1.165, 1.54) is 38.5 Å². The van der Waals surface area contributed by atoms with E-state index >= 15 is 0 Å². The zero-order valence-electron chi connectivity index (χ0n) is 18.4. The molecule has 6 heteroatoms. The monoisotopic (exact) mass is 426 g/mol. The summed E-state index contributed by atoms with van der Waals surface area (Å²) in [7, 11) is 0. The highest BCUT2D eigenvalue weighted by Crippen LogP contribution is 2.30. The number of carbonyl (C=O) groups is 3. The molecule has 3 fully saturated rings. The van der Waals surface area contributed by atoms with Crippen molar-refractivity contribution in [3.05, 3.63) is 29.8 Å². The minimum absolute atomic E-state index is 0.0496. The number of anilines is 1. The van der Waals surface area contributed by atoms with Gasteiger partial charge in [-0.05, 0) is 56.4 Å². The third kappa shape index (κ3) is 5.28. The molecule has 2 saturated carbocycles. The van der Waals surface area contributed by atoms with Crippen LogP contribution in [0.25, 0.3) is 0 Å². The lowest BCUT2D eigenvalue weighted by Gasteiger charge is -2.41. The van der Waals surface area contributed by atoms with Crippen LogP contribution in [0.15, 0.2) is 24.3 Å². The number of amides is 2. The lowest BCUT2D eigenvalue weighted by Crippen LogP contribution is -2.50. The third-order valence-electron chi connectivity index (χ3n) is 7.04. The topological polar surface area (TPSA) is 66.9 Å². The summed E-state index contributed by atoms with van der Waals surface area (Å²) >= 11 is 0. The standard InChI is InChI=1S/C25H34N2O4/c28-23-12-7-17-26(23)20-15-13-19(14-16-20)25(30)31-18-24(29)27(21-8-3-1-4-9-21)22-10-5-2-6-11-22/h13-16,21-22H,1-12,17-18H2. The average molecular weight is 427 g/mol. The lowest BCUT2D eigenvalue weighted by molar-refractivity contribution is -0.141. The third-order valence-corrected chi connectivity index (χ3v) is 7.04. The fourth-order valence-corrected chi connectivity index (χ4v) is 5.41. The Kier molecular flexibility index (Phi) is 7.25. The minimum atomic E-state index is -0.486. The van der Waals surface area contributed by atoms with Gasteiger partial charge in [-0.25, -0.2) is 4.79 Å². The highest BCUT2D eigenvalue weighted by Gasteiger charge is 2.33. The van der Waals surface area contributed by atoms with E-state index in [0.717, 1.165) is 44.3 Å². The zero-order valence-corrected chi connectivity index (χ0v) is 18.4. The summed E-state index contributed by atoms with van der Waals surface area (Å²) in [4.78, 5) is 41.4. The van der Waals surface area contributed by atoms with E-state index < -0.39 is 5.97 Å². The summed E-state index contributed by atoms with van der Waals surface area (Å²) in [6, 6.07) is 7.48. The first-order chi connectivity index (χ1) is 15.1.